The molecular weight excluding hydrogens is 462 g/mol. The number of amides is 2. The predicted molar refractivity (Wildman–Crippen MR) is 136 cm³/mol. The molecule has 0 N–H and O–H groups in total. The van der Waals surface area contributed by atoms with Crippen LogP contribution in [0.1, 0.15) is 49.3 Å². The van der Waals surface area contributed by atoms with Crippen LogP contribution in [-0.4, -0.2) is 69.7 Å². The number of methoxy groups -OCH3 is 1. The Morgan fingerprint density at radius 1 is 1.23 bits per heavy atom. The Labute approximate surface area is 210 Å². The summed E-state index contributed by atoms with van der Waals surface area (Å²) in [5, 5.41) is 5.23. The van der Waals surface area contributed by atoms with E-state index < -0.39 is 0 Å². The number of nitrogens with zero attached hydrogens (tertiary/aromatic N) is 5. The minimum Gasteiger partial charge on any atom is -0.497 e. The summed E-state index contributed by atoms with van der Waals surface area (Å²) in [6.07, 6.45) is 4.15. The van der Waals surface area contributed by atoms with E-state index in [0.717, 1.165) is 39.7 Å². The Balaban J connectivity index is 1.52. The van der Waals surface area contributed by atoms with Crippen LogP contribution in [0.25, 0.3) is 0 Å². The lowest BCUT2D eigenvalue weighted by Gasteiger charge is -2.40. The van der Waals surface area contributed by atoms with E-state index >= 15 is 0 Å². The molecule has 0 saturated carbocycles. The fraction of sp³-hybridized carbons (Fsp3) is 0.462. The van der Waals surface area contributed by atoms with Crippen LogP contribution in [0.5, 0.6) is 5.75 Å². The second-order valence-electron chi connectivity index (χ2n) is 9.19. The second-order valence-corrected chi connectivity index (χ2v) is 10.4. The number of benzene rings is 1. The maximum Gasteiger partial charge on any atom is 0.274 e. The average Bonchev–Trinajstić information content (AvgIpc) is 3.45. The lowest BCUT2D eigenvalue weighted by atomic mass is 9.84. The van der Waals surface area contributed by atoms with Crippen molar-refractivity contribution in [2.45, 2.75) is 39.2 Å². The van der Waals surface area contributed by atoms with Crippen LogP contribution in [0.2, 0.25) is 0 Å². The van der Waals surface area contributed by atoms with Crippen LogP contribution < -0.4 is 4.74 Å². The fourth-order valence-corrected chi connectivity index (χ4v) is 5.77. The van der Waals surface area contributed by atoms with Gasteiger partial charge in [-0.1, -0.05) is 12.1 Å². The van der Waals surface area contributed by atoms with Crippen molar-refractivity contribution in [2.24, 2.45) is 13.0 Å². The van der Waals surface area contributed by atoms with Crippen LogP contribution in [-0.2, 0) is 13.5 Å². The lowest BCUT2D eigenvalue weighted by Crippen LogP contribution is -2.48. The standard InChI is InChI=1S/C26H33N5O3S/c1-17-24(35-18(2)27-17)26(33)31-13-9-20(10-14-31)23(16-19-7-6-8-21(15-19)34-5)30(4)25(32)22-11-12-29(3)28-22/h6-8,11-12,15,20,23H,9-10,13-14,16H2,1-5H3. The van der Waals surface area contributed by atoms with E-state index in [1.54, 1.807) is 24.1 Å². The van der Waals surface area contributed by atoms with Gasteiger partial charge in [-0.25, -0.2) is 4.98 Å². The third kappa shape index (κ3) is 5.56. The molecule has 9 heteroatoms. The Morgan fingerprint density at radius 3 is 2.57 bits per heavy atom. The molecule has 1 atom stereocenters. The summed E-state index contributed by atoms with van der Waals surface area (Å²) < 4.78 is 7.06. The number of aromatic nitrogens is 3. The number of carbonyl (C=O) groups is 2. The minimum absolute atomic E-state index is 0.0266. The van der Waals surface area contributed by atoms with Crippen molar-refractivity contribution >= 4 is 23.2 Å². The maximum absolute atomic E-state index is 13.3. The van der Waals surface area contributed by atoms with Crippen LogP contribution in [0, 0.1) is 19.8 Å². The van der Waals surface area contributed by atoms with Crippen molar-refractivity contribution in [2.75, 3.05) is 27.2 Å². The quantitative estimate of drug-likeness (QED) is 0.499. The SMILES string of the molecule is COc1cccc(CC(C2CCN(C(=O)c3sc(C)nc3C)CC2)N(C)C(=O)c2ccn(C)n2)c1. The highest BCUT2D eigenvalue weighted by atomic mass is 32.1. The Bertz CT molecular complexity index is 1200. The van der Waals surface area contributed by atoms with E-state index in [4.69, 9.17) is 4.74 Å². The van der Waals surface area contributed by atoms with Gasteiger partial charge in [-0.3, -0.25) is 14.3 Å². The van der Waals surface area contributed by atoms with Crippen molar-refractivity contribution in [3.05, 3.63) is 63.4 Å². The maximum atomic E-state index is 13.3. The first kappa shape index (κ1) is 24.9. The molecule has 1 aliphatic rings. The summed E-state index contributed by atoms with van der Waals surface area (Å²) >= 11 is 1.46. The predicted octanol–water partition coefficient (Wildman–Crippen LogP) is 3.74. The van der Waals surface area contributed by atoms with Crippen LogP contribution >= 0.6 is 11.3 Å². The number of likely N-dealkylation sites (tertiary alicyclic amines) is 1. The zero-order valence-corrected chi connectivity index (χ0v) is 21.8. The molecule has 0 bridgehead atoms. The zero-order valence-electron chi connectivity index (χ0n) is 21.0. The third-order valence-electron chi connectivity index (χ3n) is 6.80. The molecule has 35 heavy (non-hydrogen) atoms. The van der Waals surface area contributed by atoms with Gasteiger partial charge in [0.25, 0.3) is 11.8 Å². The van der Waals surface area contributed by atoms with Gasteiger partial charge in [0.05, 0.1) is 17.8 Å². The summed E-state index contributed by atoms with van der Waals surface area (Å²) in [6, 6.07) is 9.73. The third-order valence-corrected chi connectivity index (χ3v) is 7.86. The van der Waals surface area contributed by atoms with Gasteiger partial charge in [0.2, 0.25) is 0 Å². The fourth-order valence-electron chi connectivity index (χ4n) is 4.88. The van der Waals surface area contributed by atoms with Gasteiger partial charge in [0, 0.05) is 39.4 Å². The first-order chi connectivity index (χ1) is 16.8. The molecule has 0 aliphatic carbocycles. The van der Waals surface area contributed by atoms with Gasteiger partial charge < -0.3 is 14.5 Å². The number of rotatable bonds is 7. The number of ether oxygens (including phenoxy) is 1. The molecule has 0 radical (unpaired) electrons. The van der Waals surface area contributed by atoms with Crippen molar-refractivity contribution in [3.8, 4) is 5.75 Å². The first-order valence-electron chi connectivity index (χ1n) is 11.9. The normalized spacial score (nSPS) is 15.2. The number of carbonyl (C=O) groups excluding carboxylic acids is 2. The molecule has 2 aromatic heterocycles. The summed E-state index contributed by atoms with van der Waals surface area (Å²) in [5.74, 6) is 1.03. The van der Waals surface area contributed by atoms with Crippen molar-refractivity contribution in [1.29, 1.82) is 0 Å². The molecule has 186 valence electrons. The van der Waals surface area contributed by atoms with Crippen LogP contribution in [0.15, 0.2) is 36.5 Å². The van der Waals surface area contributed by atoms with Gasteiger partial charge in [-0.15, -0.1) is 11.3 Å². The minimum atomic E-state index is -0.0900. The van der Waals surface area contributed by atoms with Crippen molar-refractivity contribution < 1.29 is 14.3 Å². The molecule has 1 saturated heterocycles. The van der Waals surface area contributed by atoms with E-state index in [-0.39, 0.29) is 23.8 Å². The number of likely N-dealkylation sites (N-methyl/N-ethyl adjacent to an activating group) is 1. The van der Waals surface area contributed by atoms with Crippen LogP contribution in [0.3, 0.4) is 0 Å². The molecule has 4 rings (SSSR count). The molecule has 3 aromatic rings. The Morgan fingerprint density at radius 2 is 1.97 bits per heavy atom. The zero-order chi connectivity index (χ0) is 25.1. The van der Waals surface area contributed by atoms with Gasteiger partial charge in [0.1, 0.15) is 16.3 Å². The monoisotopic (exact) mass is 495 g/mol. The summed E-state index contributed by atoms with van der Waals surface area (Å²) in [5.41, 5.74) is 2.36. The van der Waals surface area contributed by atoms with E-state index in [1.165, 1.54) is 11.3 Å². The Kier molecular flexibility index (Phi) is 7.54. The largest absolute Gasteiger partial charge is 0.497 e. The van der Waals surface area contributed by atoms with E-state index in [9.17, 15) is 9.59 Å². The first-order valence-corrected chi connectivity index (χ1v) is 12.7. The molecule has 3 heterocycles. The van der Waals surface area contributed by atoms with E-state index in [1.807, 2.05) is 55.9 Å². The molecule has 1 aromatic carbocycles. The smallest absolute Gasteiger partial charge is 0.274 e. The summed E-state index contributed by atoms with van der Waals surface area (Å²) in [6.45, 7) is 5.16. The summed E-state index contributed by atoms with van der Waals surface area (Å²) in [7, 11) is 5.33. The van der Waals surface area contributed by atoms with Crippen molar-refractivity contribution in [1.82, 2.24) is 24.6 Å². The molecule has 1 fully saturated rings. The molecule has 8 nitrogen and oxygen atoms in total. The topological polar surface area (TPSA) is 80.6 Å². The molecule has 2 amide bonds. The highest BCUT2D eigenvalue weighted by Gasteiger charge is 2.34. The van der Waals surface area contributed by atoms with Gasteiger partial charge in [-0.2, -0.15) is 5.10 Å². The highest BCUT2D eigenvalue weighted by molar-refractivity contribution is 7.13. The van der Waals surface area contributed by atoms with Gasteiger partial charge >= 0.3 is 0 Å². The number of hydrogen-bond donors (Lipinski definition) is 0. The van der Waals surface area contributed by atoms with E-state index in [2.05, 4.69) is 16.1 Å². The molecule has 0 spiro atoms. The van der Waals surface area contributed by atoms with Crippen LogP contribution in [0.4, 0.5) is 0 Å². The van der Waals surface area contributed by atoms with Crippen molar-refractivity contribution in [3.63, 3.8) is 0 Å². The second kappa shape index (κ2) is 10.6. The molecular formula is C26H33N5O3S. The molecule has 1 aliphatic heterocycles. The van der Waals surface area contributed by atoms with Gasteiger partial charge in [0.15, 0.2) is 0 Å². The number of hydrogen-bond acceptors (Lipinski definition) is 6. The Hall–Kier alpha value is -3.20. The highest BCUT2D eigenvalue weighted by Crippen LogP contribution is 2.30. The molecule has 1 unspecified atom stereocenters. The van der Waals surface area contributed by atoms with E-state index in [0.29, 0.717) is 25.2 Å². The number of piperidine rings is 1. The lowest BCUT2D eigenvalue weighted by molar-refractivity contribution is 0.0520. The number of thiazole rings is 1. The average molecular weight is 496 g/mol. The number of aryl methyl sites for hydroxylation is 3. The summed E-state index contributed by atoms with van der Waals surface area (Å²) in [4.78, 5) is 35.3. The van der Waals surface area contributed by atoms with Gasteiger partial charge in [-0.05, 0) is 62.8 Å².